The number of aryl methyl sites for hydroxylation is 1. The topological polar surface area (TPSA) is 48.5 Å². The Bertz CT molecular complexity index is 1290. The van der Waals surface area contributed by atoms with Gasteiger partial charge in [-0.1, -0.05) is 24.3 Å². The van der Waals surface area contributed by atoms with Crippen LogP contribution in [0.3, 0.4) is 0 Å². The van der Waals surface area contributed by atoms with Gasteiger partial charge >= 0.3 is 0 Å². The van der Waals surface area contributed by atoms with Crippen LogP contribution in [0.1, 0.15) is 53.6 Å². The zero-order valence-corrected chi connectivity index (χ0v) is 20.6. The number of benzene rings is 2. The molecule has 2 saturated heterocycles. The van der Waals surface area contributed by atoms with Gasteiger partial charge in [0, 0.05) is 29.4 Å². The number of carbonyl (C=O) groups excluding carboxylic acids is 1. The molecule has 1 aliphatic carbocycles. The number of nitrogens with one attached hydrogen (secondary N) is 1. The van der Waals surface area contributed by atoms with Crippen molar-refractivity contribution < 1.29 is 13.6 Å². The molecule has 1 aromatic heterocycles. The van der Waals surface area contributed by atoms with Gasteiger partial charge in [-0.15, -0.1) is 0 Å². The molecule has 3 fully saturated rings. The van der Waals surface area contributed by atoms with Gasteiger partial charge in [0.15, 0.2) is 0 Å². The van der Waals surface area contributed by atoms with Gasteiger partial charge in [-0.05, 0) is 87.5 Å². The Labute approximate surface area is 210 Å². The number of likely N-dealkylation sites (tertiary alicyclic amines) is 1. The Balaban J connectivity index is 1.23. The van der Waals surface area contributed by atoms with Crippen LogP contribution >= 0.6 is 0 Å². The lowest BCUT2D eigenvalue weighted by Gasteiger charge is -2.43. The fraction of sp³-hybridized carbons (Fsp3) is 0.448. The van der Waals surface area contributed by atoms with Crippen LogP contribution in [-0.2, 0) is 5.54 Å². The first-order valence-electron chi connectivity index (χ1n) is 13.0. The van der Waals surface area contributed by atoms with Crippen molar-refractivity contribution in [3.8, 4) is 0 Å². The number of fused-ring (bicyclic) bond motifs is 1. The molecule has 2 aliphatic heterocycles. The standard InChI is InChI=1S/C29H32F2N4O/c1-20-8-9-21(35-17-11-26(29(30,31)19-35)34-15-4-5-16-34)18-23(20)27(36)33-28(12-13-28)24-10-14-32-25-7-3-2-6-22(24)25/h2-3,6-10,14,18,26H,4-5,11-13,15-17,19H2,1H3,(H,33,36). The van der Waals surface area contributed by atoms with Gasteiger partial charge < -0.3 is 10.2 Å². The lowest BCUT2D eigenvalue weighted by atomic mass is 9.97. The number of halogens is 2. The van der Waals surface area contributed by atoms with Crippen LogP contribution in [0.5, 0.6) is 0 Å². The lowest BCUT2D eigenvalue weighted by Crippen LogP contribution is -2.58. The van der Waals surface area contributed by atoms with E-state index in [1.165, 1.54) is 0 Å². The van der Waals surface area contributed by atoms with Crippen LogP contribution in [0.4, 0.5) is 14.5 Å². The summed E-state index contributed by atoms with van der Waals surface area (Å²) in [5, 5.41) is 4.33. The molecule has 1 N–H and O–H groups in total. The molecule has 7 heteroatoms. The van der Waals surface area contributed by atoms with E-state index in [0.29, 0.717) is 24.2 Å². The highest BCUT2D eigenvalue weighted by molar-refractivity contribution is 5.98. The summed E-state index contributed by atoms with van der Waals surface area (Å²) in [5.74, 6) is -2.94. The SMILES string of the molecule is Cc1ccc(N2CCC(N3CCCC3)C(F)(F)C2)cc1C(=O)NC1(c2ccnc3ccccc23)CC1. The predicted molar refractivity (Wildman–Crippen MR) is 138 cm³/mol. The number of alkyl halides is 2. The van der Waals surface area contributed by atoms with Crippen molar-refractivity contribution >= 4 is 22.5 Å². The molecule has 3 aliphatic rings. The Morgan fingerprint density at radius 3 is 2.58 bits per heavy atom. The summed E-state index contributed by atoms with van der Waals surface area (Å²) < 4.78 is 30.3. The predicted octanol–water partition coefficient (Wildman–Crippen LogP) is 5.27. The quantitative estimate of drug-likeness (QED) is 0.529. The van der Waals surface area contributed by atoms with Crippen LogP contribution in [0.2, 0.25) is 0 Å². The fourth-order valence-electron chi connectivity index (χ4n) is 6.09. The van der Waals surface area contributed by atoms with E-state index in [1.807, 2.05) is 54.3 Å². The number of para-hydroxylation sites is 1. The van der Waals surface area contributed by atoms with Gasteiger partial charge in [0.25, 0.3) is 11.8 Å². The number of pyridine rings is 1. The summed E-state index contributed by atoms with van der Waals surface area (Å²) >= 11 is 0. The van der Waals surface area contributed by atoms with Crippen molar-refractivity contribution in [2.24, 2.45) is 0 Å². The molecule has 3 heterocycles. The zero-order chi connectivity index (χ0) is 24.9. The van der Waals surface area contributed by atoms with Gasteiger partial charge in [0.05, 0.1) is 23.6 Å². The van der Waals surface area contributed by atoms with Crippen molar-refractivity contribution in [2.75, 3.05) is 31.1 Å². The Hall–Kier alpha value is -3.06. The minimum absolute atomic E-state index is 0.161. The van der Waals surface area contributed by atoms with Gasteiger partial charge in [0.2, 0.25) is 0 Å². The highest BCUT2D eigenvalue weighted by Gasteiger charge is 2.49. The molecular formula is C29H32F2N4O. The van der Waals surface area contributed by atoms with Gasteiger partial charge in [-0.2, -0.15) is 0 Å². The number of hydrogen-bond acceptors (Lipinski definition) is 4. The van der Waals surface area contributed by atoms with Crippen LogP contribution in [-0.4, -0.2) is 53.9 Å². The normalized spacial score (nSPS) is 23.1. The average molecular weight is 491 g/mol. The van der Waals surface area contributed by atoms with Crippen molar-refractivity contribution in [3.63, 3.8) is 0 Å². The third-order valence-corrected chi connectivity index (χ3v) is 8.24. The molecule has 0 bridgehead atoms. The minimum Gasteiger partial charge on any atom is -0.365 e. The number of nitrogens with zero attached hydrogens (tertiary/aromatic N) is 3. The molecule has 1 unspecified atom stereocenters. The van der Waals surface area contributed by atoms with E-state index >= 15 is 8.78 Å². The molecule has 188 valence electrons. The largest absolute Gasteiger partial charge is 0.365 e. The summed E-state index contributed by atoms with van der Waals surface area (Å²) in [5.41, 5.74) is 3.64. The maximum absolute atomic E-state index is 15.2. The molecular weight excluding hydrogens is 458 g/mol. The number of rotatable bonds is 5. The highest BCUT2D eigenvalue weighted by Crippen LogP contribution is 2.48. The highest BCUT2D eigenvalue weighted by atomic mass is 19.3. The van der Waals surface area contributed by atoms with Crippen molar-refractivity contribution in [2.45, 2.75) is 56.5 Å². The Morgan fingerprint density at radius 2 is 1.83 bits per heavy atom. The first kappa shape index (κ1) is 23.3. The summed E-state index contributed by atoms with van der Waals surface area (Å²) in [6.45, 7) is 3.68. The van der Waals surface area contributed by atoms with Crippen LogP contribution < -0.4 is 10.2 Å². The first-order valence-corrected chi connectivity index (χ1v) is 13.0. The first-order chi connectivity index (χ1) is 17.4. The zero-order valence-electron chi connectivity index (χ0n) is 20.6. The van der Waals surface area contributed by atoms with Crippen molar-refractivity contribution in [3.05, 3.63) is 71.4 Å². The van der Waals surface area contributed by atoms with E-state index in [4.69, 9.17) is 0 Å². The van der Waals surface area contributed by atoms with Crippen LogP contribution in [0.25, 0.3) is 10.9 Å². The van der Waals surface area contributed by atoms with Crippen molar-refractivity contribution in [1.82, 2.24) is 15.2 Å². The number of aromatic nitrogens is 1. The second-order valence-corrected chi connectivity index (χ2v) is 10.6. The van der Waals surface area contributed by atoms with E-state index in [9.17, 15) is 4.79 Å². The molecule has 3 aromatic rings. The summed E-state index contributed by atoms with van der Waals surface area (Å²) in [7, 11) is 0. The number of anilines is 1. The minimum atomic E-state index is -2.78. The van der Waals surface area contributed by atoms with E-state index in [1.54, 1.807) is 17.2 Å². The van der Waals surface area contributed by atoms with Crippen molar-refractivity contribution in [1.29, 1.82) is 0 Å². The smallest absolute Gasteiger partial charge is 0.280 e. The molecule has 6 rings (SSSR count). The fourth-order valence-corrected chi connectivity index (χ4v) is 6.09. The molecule has 2 aromatic carbocycles. The lowest BCUT2D eigenvalue weighted by molar-refractivity contribution is -0.0822. The Morgan fingerprint density at radius 1 is 1.06 bits per heavy atom. The van der Waals surface area contributed by atoms with E-state index < -0.39 is 17.5 Å². The third kappa shape index (κ3) is 4.13. The molecule has 1 saturated carbocycles. The van der Waals surface area contributed by atoms with E-state index in [-0.39, 0.29) is 12.5 Å². The average Bonchev–Trinajstić information content (AvgIpc) is 3.44. The number of piperidine rings is 1. The number of hydrogen-bond donors (Lipinski definition) is 1. The van der Waals surface area contributed by atoms with Gasteiger partial charge in [-0.25, -0.2) is 8.78 Å². The Kier molecular flexibility index (Phi) is 5.71. The summed E-state index contributed by atoms with van der Waals surface area (Å²) in [4.78, 5) is 21.7. The molecule has 1 amide bonds. The maximum atomic E-state index is 15.2. The summed E-state index contributed by atoms with van der Waals surface area (Å²) in [6.07, 6.45) is 5.96. The number of amides is 1. The molecule has 0 radical (unpaired) electrons. The van der Waals surface area contributed by atoms with Crippen LogP contribution in [0.15, 0.2) is 54.7 Å². The van der Waals surface area contributed by atoms with E-state index in [2.05, 4.69) is 10.3 Å². The van der Waals surface area contributed by atoms with Gasteiger partial charge in [-0.3, -0.25) is 14.7 Å². The maximum Gasteiger partial charge on any atom is 0.280 e. The monoisotopic (exact) mass is 490 g/mol. The second-order valence-electron chi connectivity index (χ2n) is 10.6. The number of carbonyl (C=O) groups is 1. The second kappa shape index (κ2) is 8.80. The third-order valence-electron chi connectivity index (χ3n) is 8.24. The molecule has 1 atom stereocenters. The molecule has 36 heavy (non-hydrogen) atoms. The van der Waals surface area contributed by atoms with E-state index in [0.717, 1.165) is 60.8 Å². The summed E-state index contributed by atoms with van der Waals surface area (Å²) in [6, 6.07) is 14.8. The van der Waals surface area contributed by atoms with Crippen LogP contribution in [0, 0.1) is 6.92 Å². The molecule has 0 spiro atoms. The molecule has 5 nitrogen and oxygen atoms in total. The van der Waals surface area contributed by atoms with Gasteiger partial charge in [0.1, 0.15) is 0 Å².